The van der Waals surface area contributed by atoms with Crippen molar-refractivity contribution in [1.29, 1.82) is 0 Å². The molecule has 246 valence electrons. The Hall–Kier alpha value is -6.16. The molecule has 0 aliphatic heterocycles. The lowest BCUT2D eigenvalue weighted by molar-refractivity contribution is 0.660. The third-order valence-corrected chi connectivity index (χ3v) is 12.4. The van der Waals surface area contributed by atoms with E-state index in [1.807, 2.05) is 11.3 Å². The first-order valence-electron chi connectivity index (χ1n) is 17.9. The number of hydrogen-bond donors (Lipinski definition) is 0. The van der Waals surface area contributed by atoms with Crippen LogP contribution in [0.4, 0.5) is 17.1 Å². The summed E-state index contributed by atoms with van der Waals surface area (Å²) in [7, 11) is 0. The second-order valence-electron chi connectivity index (χ2n) is 14.5. The van der Waals surface area contributed by atoms with Crippen LogP contribution in [0, 0.1) is 0 Å². The number of para-hydroxylation sites is 1. The van der Waals surface area contributed by atoms with Gasteiger partial charge in [-0.05, 0) is 87.1 Å². The van der Waals surface area contributed by atoms with Crippen LogP contribution in [0.15, 0.2) is 168 Å². The maximum absolute atomic E-state index is 6.57. The number of anilines is 3. The van der Waals surface area contributed by atoms with Gasteiger partial charge in [0.1, 0.15) is 11.2 Å². The van der Waals surface area contributed by atoms with Crippen molar-refractivity contribution < 1.29 is 4.42 Å². The van der Waals surface area contributed by atoms with E-state index < -0.39 is 0 Å². The topological polar surface area (TPSA) is 16.4 Å². The minimum Gasteiger partial charge on any atom is -0.456 e. The molecule has 2 aromatic heterocycles. The molecule has 0 spiro atoms. The average molecular weight is 684 g/mol. The molecule has 1 aliphatic carbocycles. The van der Waals surface area contributed by atoms with Crippen LogP contribution in [0.3, 0.4) is 0 Å². The molecule has 2 nitrogen and oxygen atoms in total. The summed E-state index contributed by atoms with van der Waals surface area (Å²) < 4.78 is 9.15. The second-order valence-corrected chi connectivity index (χ2v) is 15.6. The van der Waals surface area contributed by atoms with Gasteiger partial charge in [0.15, 0.2) is 0 Å². The van der Waals surface area contributed by atoms with E-state index in [0.717, 1.165) is 39.0 Å². The number of rotatable bonds is 4. The van der Waals surface area contributed by atoms with Crippen molar-refractivity contribution in [2.45, 2.75) is 19.3 Å². The predicted octanol–water partition coefficient (Wildman–Crippen LogP) is 14.6. The fourth-order valence-corrected chi connectivity index (χ4v) is 9.96. The van der Waals surface area contributed by atoms with Gasteiger partial charge in [0.05, 0.1) is 5.69 Å². The maximum atomic E-state index is 6.57. The number of furan rings is 1. The van der Waals surface area contributed by atoms with Crippen molar-refractivity contribution in [1.82, 2.24) is 0 Å². The molecular weight excluding hydrogens is 651 g/mol. The average Bonchev–Trinajstić information content (AvgIpc) is 3.82. The van der Waals surface area contributed by atoms with Crippen molar-refractivity contribution in [2.24, 2.45) is 0 Å². The Bertz CT molecular complexity index is 3060. The zero-order chi connectivity index (χ0) is 34.6. The molecule has 52 heavy (non-hydrogen) atoms. The van der Waals surface area contributed by atoms with E-state index in [1.54, 1.807) is 0 Å². The quantitative estimate of drug-likeness (QED) is 0.184. The lowest BCUT2D eigenvalue weighted by Gasteiger charge is -2.30. The molecule has 0 radical (unpaired) electrons. The predicted molar refractivity (Wildman–Crippen MR) is 222 cm³/mol. The van der Waals surface area contributed by atoms with Crippen molar-refractivity contribution in [3.8, 4) is 22.3 Å². The summed E-state index contributed by atoms with van der Waals surface area (Å²) in [4.78, 5) is 2.49. The van der Waals surface area contributed by atoms with E-state index in [2.05, 4.69) is 183 Å². The van der Waals surface area contributed by atoms with Crippen LogP contribution < -0.4 is 4.90 Å². The van der Waals surface area contributed by atoms with E-state index in [0.29, 0.717) is 0 Å². The summed E-state index contributed by atoms with van der Waals surface area (Å²) >= 11 is 1.86. The van der Waals surface area contributed by atoms with E-state index in [1.165, 1.54) is 64.3 Å². The van der Waals surface area contributed by atoms with E-state index in [4.69, 9.17) is 4.42 Å². The molecular formula is C49H33NOS. The van der Waals surface area contributed by atoms with Gasteiger partial charge >= 0.3 is 0 Å². The van der Waals surface area contributed by atoms with Gasteiger partial charge in [0.2, 0.25) is 0 Å². The Morgan fingerprint density at radius 1 is 0.481 bits per heavy atom. The highest BCUT2D eigenvalue weighted by atomic mass is 32.1. The molecule has 10 aromatic rings. The van der Waals surface area contributed by atoms with Crippen LogP contribution in [0.5, 0.6) is 0 Å². The van der Waals surface area contributed by atoms with E-state index in [-0.39, 0.29) is 5.41 Å². The minimum absolute atomic E-state index is 0.133. The molecule has 1 aliphatic rings. The normalized spacial score (nSPS) is 13.3. The molecule has 8 aromatic carbocycles. The van der Waals surface area contributed by atoms with E-state index in [9.17, 15) is 0 Å². The smallest absolute Gasteiger partial charge is 0.136 e. The van der Waals surface area contributed by atoms with Gasteiger partial charge in [-0.25, -0.2) is 0 Å². The first kappa shape index (κ1) is 29.6. The first-order chi connectivity index (χ1) is 25.5. The molecule has 2 heterocycles. The molecule has 0 N–H and O–H groups in total. The molecule has 0 saturated carbocycles. The molecule has 0 amide bonds. The van der Waals surface area contributed by atoms with E-state index >= 15 is 0 Å². The molecule has 0 saturated heterocycles. The molecule has 0 bridgehead atoms. The number of thiophene rings is 1. The zero-order valence-electron chi connectivity index (χ0n) is 28.9. The van der Waals surface area contributed by atoms with Gasteiger partial charge in [-0.1, -0.05) is 129 Å². The van der Waals surface area contributed by atoms with Gasteiger partial charge in [-0.15, -0.1) is 11.3 Å². The van der Waals surface area contributed by atoms with Gasteiger partial charge < -0.3 is 9.32 Å². The summed E-state index contributed by atoms with van der Waals surface area (Å²) in [6.07, 6.45) is 0. The number of hydrogen-bond acceptors (Lipinski definition) is 3. The largest absolute Gasteiger partial charge is 0.456 e. The molecule has 0 fully saturated rings. The van der Waals surface area contributed by atoms with Crippen molar-refractivity contribution in [2.75, 3.05) is 4.90 Å². The highest BCUT2D eigenvalue weighted by Crippen LogP contribution is 2.53. The van der Waals surface area contributed by atoms with Crippen molar-refractivity contribution in [3.05, 3.63) is 175 Å². The van der Waals surface area contributed by atoms with Crippen LogP contribution in [0.2, 0.25) is 0 Å². The van der Waals surface area contributed by atoms with Crippen LogP contribution in [-0.4, -0.2) is 0 Å². The van der Waals surface area contributed by atoms with Crippen LogP contribution in [0.25, 0.3) is 75.1 Å². The second kappa shape index (κ2) is 10.9. The monoisotopic (exact) mass is 683 g/mol. The summed E-state index contributed by atoms with van der Waals surface area (Å²) in [5.41, 5.74) is 12.7. The summed E-state index contributed by atoms with van der Waals surface area (Å²) in [6.45, 7) is 4.72. The maximum Gasteiger partial charge on any atom is 0.136 e. The Balaban J connectivity index is 1.25. The zero-order valence-corrected chi connectivity index (χ0v) is 29.7. The third-order valence-electron chi connectivity index (χ3n) is 11.3. The highest BCUT2D eigenvalue weighted by molar-refractivity contribution is 7.25. The number of nitrogens with zero attached hydrogens (tertiary/aromatic N) is 1. The third kappa shape index (κ3) is 4.17. The fraction of sp³-hybridized carbons (Fsp3) is 0.0612. The Morgan fingerprint density at radius 2 is 1.15 bits per heavy atom. The van der Waals surface area contributed by atoms with Gasteiger partial charge in [-0.3, -0.25) is 0 Å². The van der Waals surface area contributed by atoms with Gasteiger partial charge in [-0.2, -0.15) is 0 Å². The SMILES string of the molecule is CC1(C)c2ccccc2-c2ccc(N(c3ccc4c(c3)sc3ccccc34)c3ccc4oc5ccccc5c4c3-c3cccc4ccccc34)cc21. The van der Waals surface area contributed by atoms with Crippen LogP contribution >= 0.6 is 11.3 Å². The van der Waals surface area contributed by atoms with Gasteiger partial charge in [0, 0.05) is 53.3 Å². The number of fused-ring (bicyclic) bond motifs is 10. The van der Waals surface area contributed by atoms with Crippen LogP contribution in [0.1, 0.15) is 25.0 Å². The fourth-order valence-electron chi connectivity index (χ4n) is 8.82. The Kier molecular flexibility index (Phi) is 6.21. The summed E-state index contributed by atoms with van der Waals surface area (Å²) in [5, 5.41) is 7.28. The van der Waals surface area contributed by atoms with Crippen molar-refractivity contribution in [3.63, 3.8) is 0 Å². The van der Waals surface area contributed by atoms with Crippen LogP contribution in [-0.2, 0) is 5.41 Å². The van der Waals surface area contributed by atoms with Crippen molar-refractivity contribution >= 4 is 81.3 Å². The molecule has 0 unspecified atom stereocenters. The Labute approximate surface area is 305 Å². The summed E-state index contributed by atoms with van der Waals surface area (Å²) in [5.74, 6) is 0. The molecule has 11 rings (SSSR count). The lowest BCUT2D eigenvalue weighted by Crippen LogP contribution is -2.17. The highest BCUT2D eigenvalue weighted by Gasteiger charge is 2.36. The minimum atomic E-state index is -0.133. The number of benzene rings is 8. The lowest BCUT2D eigenvalue weighted by atomic mass is 9.82. The Morgan fingerprint density at radius 3 is 2.08 bits per heavy atom. The molecule has 3 heteroatoms. The molecule has 0 atom stereocenters. The summed E-state index contributed by atoms with van der Waals surface area (Å²) in [6, 6.07) is 60.0. The first-order valence-corrected chi connectivity index (χ1v) is 18.7. The van der Waals surface area contributed by atoms with Gasteiger partial charge in [0.25, 0.3) is 0 Å². The standard InChI is InChI=1S/C49H33NOS/c1-49(2)40-19-8-5-15-34(40)35-24-22-31(28-41(35)49)50(32-23-25-37-36-16-7-10-21-45(36)52-46(37)29-32)42-26-27-44-48(39-17-6-9-20-43(39)51-44)47(42)38-18-11-13-30-12-3-4-14-33(30)38/h3-29H,1-2H3.